The van der Waals surface area contributed by atoms with Crippen molar-refractivity contribution in [1.82, 2.24) is 39.1 Å². The summed E-state index contributed by atoms with van der Waals surface area (Å²) in [5.74, 6) is -0.240. The number of carbonyl (C=O) groups excluding carboxylic acids is 3. The zero-order valence-corrected chi connectivity index (χ0v) is 30.8. The Morgan fingerprint density at radius 1 is 1.05 bits per heavy atom. The lowest BCUT2D eigenvalue weighted by Crippen LogP contribution is -2.44. The predicted octanol–water partition coefficient (Wildman–Crippen LogP) is 5.26. The number of alkyl halides is 3. The first kappa shape index (κ1) is 37.1. The summed E-state index contributed by atoms with van der Waals surface area (Å²) in [5, 5.41) is 10.4. The highest BCUT2D eigenvalue weighted by molar-refractivity contribution is 6.03. The van der Waals surface area contributed by atoms with E-state index in [9.17, 15) is 32.3 Å². The lowest BCUT2D eigenvalue weighted by Gasteiger charge is -2.34. The number of hydrogen-bond acceptors (Lipinski definition) is 9. The highest BCUT2D eigenvalue weighted by Crippen LogP contribution is 2.39. The maximum absolute atomic E-state index is 13.5. The second-order valence-corrected chi connectivity index (χ2v) is 14.7. The zero-order valence-electron chi connectivity index (χ0n) is 30.8. The molecule has 6 heterocycles. The van der Waals surface area contributed by atoms with Gasteiger partial charge in [0.25, 0.3) is 5.91 Å². The van der Waals surface area contributed by atoms with E-state index < -0.39 is 29.7 Å². The molecule has 292 valence electrons. The zero-order chi connectivity index (χ0) is 39.3. The number of amides is 3. The molecule has 0 spiro atoms. The van der Waals surface area contributed by atoms with Crippen LogP contribution in [0.2, 0.25) is 0 Å². The normalized spacial score (nSPS) is 20.9. The molecular formula is C39H40F3N9O5. The largest absolute Gasteiger partial charge is 0.496 e. The number of ether oxygens (including phenoxy) is 1. The molecule has 2 aliphatic heterocycles. The van der Waals surface area contributed by atoms with E-state index in [4.69, 9.17) is 9.84 Å². The lowest BCUT2D eigenvalue weighted by atomic mass is 9.85. The summed E-state index contributed by atoms with van der Waals surface area (Å²) in [6.45, 7) is 2.54. The third-order valence-corrected chi connectivity index (χ3v) is 11.2. The summed E-state index contributed by atoms with van der Waals surface area (Å²) in [6, 6.07) is 7.89. The average molecular weight is 772 g/mol. The Bertz CT molecular complexity index is 2460. The molecule has 14 nitrogen and oxygen atoms in total. The third kappa shape index (κ3) is 7.06. The Morgan fingerprint density at radius 3 is 2.57 bits per heavy atom. The van der Waals surface area contributed by atoms with Crippen LogP contribution in [0.25, 0.3) is 27.5 Å². The standard InChI is InChI=1S/C39H40F3N9O5/c1-48-35-28(51(38(48)55)29-11-13-33(52)46-37(29)54)10-12-30(56-2)34(35)23-14-16-49(17-15-23)20-22-6-8-25(9-7-22)50-21-24-18-32(43-19-27(24)47-50)45-36(53)26-4-3-5-31(44-26)39(40,41)42/h3-5,10,12,14,18-19,21-22,25,29H,6-9,11,13,15-17,20H2,1-2H3,(H,45,53)(H,46,52,54)/t22-,25-,29?. The first-order valence-corrected chi connectivity index (χ1v) is 18.6. The minimum atomic E-state index is -4.66. The van der Waals surface area contributed by atoms with Crippen molar-refractivity contribution in [3.05, 3.63) is 82.3 Å². The number of aromatic nitrogens is 6. The molecule has 2 fully saturated rings. The topological polar surface area (TPSA) is 158 Å². The predicted molar refractivity (Wildman–Crippen MR) is 200 cm³/mol. The molecule has 8 rings (SSSR count). The number of aryl methyl sites for hydroxylation is 1. The number of imidazole rings is 1. The van der Waals surface area contributed by atoms with Gasteiger partial charge in [-0.25, -0.2) is 14.8 Å². The van der Waals surface area contributed by atoms with Gasteiger partial charge in [0.2, 0.25) is 11.8 Å². The summed E-state index contributed by atoms with van der Waals surface area (Å²) in [6.07, 6.45) is 6.14. The monoisotopic (exact) mass is 771 g/mol. The molecule has 1 atom stereocenters. The summed E-state index contributed by atoms with van der Waals surface area (Å²) in [7, 11) is 3.31. The molecule has 2 N–H and O–H groups in total. The number of fused-ring (bicyclic) bond motifs is 2. The van der Waals surface area contributed by atoms with Crippen LogP contribution >= 0.6 is 0 Å². The van der Waals surface area contributed by atoms with E-state index in [1.165, 1.54) is 16.8 Å². The molecule has 0 radical (unpaired) electrons. The number of nitrogens with zero attached hydrogens (tertiary/aromatic N) is 7. The first-order chi connectivity index (χ1) is 26.9. The second kappa shape index (κ2) is 14.7. The van der Waals surface area contributed by atoms with Crippen molar-refractivity contribution >= 4 is 51.0 Å². The lowest BCUT2D eigenvalue weighted by molar-refractivity contribution is -0.141. The van der Waals surface area contributed by atoms with Crippen LogP contribution in [0, 0.1) is 5.92 Å². The van der Waals surface area contributed by atoms with Crippen molar-refractivity contribution in [1.29, 1.82) is 0 Å². The van der Waals surface area contributed by atoms with Gasteiger partial charge >= 0.3 is 11.9 Å². The van der Waals surface area contributed by atoms with Crippen molar-refractivity contribution in [2.24, 2.45) is 13.0 Å². The Balaban J connectivity index is 0.901. The van der Waals surface area contributed by atoms with Gasteiger partial charge in [0.05, 0.1) is 30.4 Å². The van der Waals surface area contributed by atoms with Gasteiger partial charge in [-0.05, 0) is 80.3 Å². The number of benzene rings is 1. The van der Waals surface area contributed by atoms with Crippen LogP contribution in [0.15, 0.2) is 59.7 Å². The molecule has 1 aromatic carbocycles. The summed E-state index contributed by atoms with van der Waals surface area (Å²) in [4.78, 5) is 60.9. The van der Waals surface area contributed by atoms with E-state index in [1.807, 2.05) is 16.9 Å². The van der Waals surface area contributed by atoms with E-state index >= 15 is 0 Å². The Labute approximate surface area is 318 Å². The van der Waals surface area contributed by atoms with Gasteiger partial charge in [-0.15, -0.1) is 0 Å². The van der Waals surface area contributed by atoms with Crippen LogP contribution in [0.3, 0.4) is 0 Å². The number of anilines is 1. The van der Waals surface area contributed by atoms with Crippen molar-refractivity contribution in [3.8, 4) is 5.75 Å². The molecule has 17 heteroatoms. The Kier molecular flexibility index (Phi) is 9.72. The van der Waals surface area contributed by atoms with Crippen molar-refractivity contribution in [3.63, 3.8) is 0 Å². The number of methoxy groups -OCH3 is 1. The summed E-state index contributed by atoms with van der Waals surface area (Å²) in [5.41, 5.74) is 2.09. The Hall–Kier alpha value is -5.84. The number of carbonyl (C=O) groups is 3. The molecule has 0 bridgehead atoms. The molecule has 56 heavy (non-hydrogen) atoms. The van der Waals surface area contributed by atoms with Gasteiger partial charge in [0, 0.05) is 50.2 Å². The quantitative estimate of drug-likeness (QED) is 0.201. The Morgan fingerprint density at radius 2 is 1.86 bits per heavy atom. The number of halogens is 3. The fourth-order valence-electron chi connectivity index (χ4n) is 8.33. The van der Waals surface area contributed by atoms with Gasteiger partial charge < -0.3 is 10.1 Å². The molecule has 4 aromatic heterocycles. The van der Waals surface area contributed by atoms with Gasteiger partial charge in [-0.2, -0.15) is 18.3 Å². The summed E-state index contributed by atoms with van der Waals surface area (Å²) < 4.78 is 50.0. The van der Waals surface area contributed by atoms with Gasteiger partial charge in [-0.1, -0.05) is 12.1 Å². The minimum Gasteiger partial charge on any atom is -0.496 e. The van der Waals surface area contributed by atoms with Gasteiger partial charge in [-0.3, -0.25) is 38.4 Å². The highest BCUT2D eigenvalue weighted by Gasteiger charge is 2.34. The van der Waals surface area contributed by atoms with Crippen LogP contribution in [0.4, 0.5) is 19.0 Å². The maximum atomic E-state index is 13.5. The van der Waals surface area contributed by atoms with Crippen LogP contribution < -0.4 is 21.1 Å². The number of hydrogen-bond donors (Lipinski definition) is 2. The van der Waals surface area contributed by atoms with E-state index in [1.54, 1.807) is 30.9 Å². The molecule has 1 aliphatic carbocycles. The minimum absolute atomic E-state index is 0.170. The second-order valence-electron chi connectivity index (χ2n) is 14.7. The number of nitrogens with one attached hydrogen (secondary N) is 2. The molecule has 1 saturated heterocycles. The highest BCUT2D eigenvalue weighted by atomic mass is 19.4. The van der Waals surface area contributed by atoms with Gasteiger partial charge in [0.1, 0.15) is 34.5 Å². The number of piperidine rings is 1. The van der Waals surface area contributed by atoms with Crippen LogP contribution in [-0.4, -0.2) is 78.2 Å². The smallest absolute Gasteiger partial charge is 0.433 e. The van der Waals surface area contributed by atoms with Crippen LogP contribution in [0.1, 0.15) is 78.8 Å². The molecule has 3 aliphatic rings. The summed E-state index contributed by atoms with van der Waals surface area (Å²) >= 11 is 0. The maximum Gasteiger partial charge on any atom is 0.433 e. The van der Waals surface area contributed by atoms with Crippen molar-refractivity contribution < 1.29 is 32.3 Å². The van der Waals surface area contributed by atoms with Crippen molar-refractivity contribution in [2.45, 2.75) is 63.2 Å². The number of imide groups is 1. The van der Waals surface area contributed by atoms with E-state index in [-0.39, 0.29) is 42.0 Å². The first-order valence-electron chi connectivity index (χ1n) is 18.6. The van der Waals surface area contributed by atoms with Crippen LogP contribution in [0.5, 0.6) is 5.75 Å². The molecular weight excluding hydrogens is 731 g/mol. The SMILES string of the molecule is COc1ccc2c(c1C1=CCN(C[C@H]3CC[C@H](n4cc5cc(NC(=O)c6cccc(C(F)(F)F)n6)ncc5n4)CC3)CC1)n(C)c(=O)n2C1CCC(=O)NC1=O. The fraction of sp³-hybridized carbons (Fsp3) is 0.410. The number of rotatable bonds is 8. The van der Waals surface area contributed by atoms with E-state index in [0.29, 0.717) is 28.2 Å². The molecule has 1 unspecified atom stereocenters. The average Bonchev–Trinajstić information content (AvgIpc) is 3.72. The fourth-order valence-corrected chi connectivity index (χ4v) is 8.33. The van der Waals surface area contributed by atoms with Gasteiger partial charge in [0.15, 0.2) is 0 Å². The molecule has 1 saturated carbocycles. The molecule has 5 aromatic rings. The molecule has 3 amide bonds. The van der Waals surface area contributed by atoms with Crippen LogP contribution in [-0.2, 0) is 22.8 Å². The third-order valence-electron chi connectivity index (χ3n) is 11.2. The van der Waals surface area contributed by atoms with E-state index in [2.05, 4.69) is 31.6 Å². The van der Waals surface area contributed by atoms with E-state index in [0.717, 1.165) is 80.4 Å². The number of pyridine rings is 2. The van der Waals surface area contributed by atoms with Crippen molar-refractivity contribution in [2.75, 3.05) is 32.1 Å².